The zero-order valence-corrected chi connectivity index (χ0v) is 13.6. The van der Waals surface area contributed by atoms with Crippen molar-refractivity contribution in [1.29, 1.82) is 0 Å². The second kappa shape index (κ2) is 6.90. The summed E-state index contributed by atoms with van der Waals surface area (Å²) >= 11 is 3.58. The lowest BCUT2D eigenvalue weighted by Gasteiger charge is -2.22. The van der Waals surface area contributed by atoms with Gasteiger partial charge in [0.25, 0.3) is 0 Å². The highest BCUT2D eigenvalue weighted by Crippen LogP contribution is 2.33. The van der Waals surface area contributed by atoms with E-state index in [9.17, 15) is 0 Å². The molecule has 4 nitrogen and oxygen atoms in total. The Labute approximate surface area is 128 Å². The van der Waals surface area contributed by atoms with Gasteiger partial charge in [0, 0.05) is 12.6 Å². The molecule has 5 heteroatoms. The number of para-hydroxylation sites is 1. The van der Waals surface area contributed by atoms with Crippen LogP contribution in [0.25, 0.3) is 0 Å². The van der Waals surface area contributed by atoms with E-state index in [0.29, 0.717) is 6.61 Å². The van der Waals surface area contributed by atoms with Gasteiger partial charge in [-0.1, -0.05) is 25.1 Å². The number of ether oxygens (including phenoxy) is 1. The van der Waals surface area contributed by atoms with Gasteiger partial charge in [-0.3, -0.25) is 4.68 Å². The molecule has 1 unspecified atom stereocenters. The highest BCUT2D eigenvalue weighted by molar-refractivity contribution is 9.10. The third-order valence-electron chi connectivity index (χ3n) is 3.15. The summed E-state index contributed by atoms with van der Waals surface area (Å²) in [6, 6.07) is 8.18. The highest BCUT2D eigenvalue weighted by Gasteiger charge is 2.22. The van der Waals surface area contributed by atoms with Gasteiger partial charge in [-0.15, -0.1) is 0 Å². The Morgan fingerprint density at radius 3 is 2.70 bits per heavy atom. The number of aromatic nitrogens is 2. The molecule has 0 bridgehead atoms. The first-order chi connectivity index (χ1) is 9.69. The molecule has 0 saturated carbocycles. The molecule has 1 aromatic heterocycles. The Kier molecular flexibility index (Phi) is 5.20. The van der Waals surface area contributed by atoms with Crippen molar-refractivity contribution in [3.63, 3.8) is 0 Å². The summed E-state index contributed by atoms with van der Waals surface area (Å²) in [5.41, 5.74) is 2.22. The Balaban J connectivity index is 2.49. The Morgan fingerprint density at radius 2 is 2.10 bits per heavy atom. The van der Waals surface area contributed by atoms with Crippen LogP contribution in [0.15, 0.2) is 34.9 Å². The quantitative estimate of drug-likeness (QED) is 0.879. The maximum Gasteiger partial charge on any atom is 0.124 e. The standard InChI is InChI=1S/C15H20BrN3O/c1-4-17-14(15-12(16)10-18-19(15)3)11-8-6-7-9-13(11)20-5-2/h6-10,14,17H,4-5H2,1-3H3. The molecule has 1 N–H and O–H groups in total. The predicted octanol–water partition coefficient (Wildman–Crippen LogP) is 3.28. The minimum absolute atomic E-state index is 0.0459. The molecular weight excluding hydrogens is 318 g/mol. The van der Waals surface area contributed by atoms with Crippen molar-refractivity contribution in [3.8, 4) is 5.75 Å². The molecule has 0 aliphatic carbocycles. The zero-order valence-electron chi connectivity index (χ0n) is 12.1. The molecule has 1 atom stereocenters. The van der Waals surface area contributed by atoms with Crippen molar-refractivity contribution < 1.29 is 4.74 Å². The maximum atomic E-state index is 5.76. The van der Waals surface area contributed by atoms with Gasteiger partial charge in [0.05, 0.1) is 29.0 Å². The number of nitrogens with one attached hydrogen (secondary N) is 1. The number of nitrogens with zero attached hydrogens (tertiary/aromatic N) is 2. The van der Waals surface area contributed by atoms with Crippen molar-refractivity contribution in [2.24, 2.45) is 7.05 Å². The van der Waals surface area contributed by atoms with E-state index in [2.05, 4.69) is 39.3 Å². The number of hydrogen-bond donors (Lipinski definition) is 1. The monoisotopic (exact) mass is 337 g/mol. The molecule has 1 aromatic carbocycles. The lowest BCUT2D eigenvalue weighted by molar-refractivity contribution is 0.333. The lowest BCUT2D eigenvalue weighted by Crippen LogP contribution is -2.25. The van der Waals surface area contributed by atoms with E-state index in [1.807, 2.05) is 43.0 Å². The van der Waals surface area contributed by atoms with Crippen LogP contribution in [-0.4, -0.2) is 22.9 Å². The highest BCUT2D eigenvalue weighted by atomic mass is 79.9. The first-order valence-electron chi connectivity index (χ1n) is 6.81. The van der Waals surface area contributed by atoms with Crippen LogP contribution in [0.2, 0.25) is 0 Å². The van der Waals surface area contributed by atoms with Crippen LogP contribution in [0, 0.1) is 0 Å². The second-order valence-electron chi connectivity index (χ2n) is 4.46. The normalized spacial score (nSPS) is 12.4. The van der Waals surface area contributed by atoms with E-state index in [-0.39, 0.29) is 6.04 Å². The molecular formula is C15H20BrN3O. The number of aryl methyl sites for hydroxylation is 1. The van der Waals surface area contributed by atoms with Crippen LogP contribution >= 0.6 is 15.9 Å². The molecule has 2 rings (SSSR count). The minimum atomic E-state index is 0.0459. The number of halogens is 1. The van der Waals surface area contributed by atoms with Gasteiger partial charge in [0.2, 0.25) is 0 Å². The molecule has 0 spiro atoms. The van der Waals surface area contributed by atoms with Crippen molar-refractivity contribution >= 4 is 15.9 Å². The van der Waals surface area contributed by atoms with Crippen LogP contribution in [0.4, 0.5) is 0 Å². The van der Waals surface area contributed by atoms with E-state index in [4.69, 9.17) is 4.74 Å². The third-order valence-corrected chi connectivity index (χ3v) is 3.76. The van der Waals surface area contributed by atoms with Gasteiger partial charge in [-0.05, 0) is 35.5 Å². The van der Waals surface area contributed by atoms with Gasteiger partial charge in [-0.2, -0.15) is 5.10 Å². The third kappa shape index (κ3) is 3.04. The summed E-state index contributed by atoms with van der Waals surface area (Å²) in [5.74, 6) is 0.911. The summed E-state index contributed by atoms with van der Waals surface area (Å²) in [7, 11) is 1.95. The largest absolute Gasteiger partial charge is 0.494 e. The fourth-order valence-corrected chi connectivity index (χ4v) is 2.89. The molecule has 2 aromatic rings. The fraction of sp³-hybridized carbons (Fsp3) is 0.400. The van der Waals surface area contributed by atoms with E-state index < -0.39 is 0 Å². The Morgan fingerprint density at radius 1 is 1.35 bits per heavy atom. The SMILES string of the molecule is CCNC(c1ccccc1OCC)c1c(Br)cnn1C. The topological polar surface area (TPSA) is 39.1 Å². The van der Waals surface area contributed by atoms with Gasteiger partial charge in [-0.25, -0.2) is 0 Å². The lowest BCUT2D eigenvalue weighted by atomic mass is 10.0. The summed E-state index contributed by atoms with van der Waals surface area (Å²) in [6.07, 6.45) is 1.82. The van der Waals surface area contributed by atoms with Gasteiger partial charge in [0.15, 0.2) is 0 Å². The van der Waals surface area contributed by atoms with Gasteiger partial charge >= 0.3 is 0 Å². The Bertz CT molecular complexity index is 548. The predicted molar refractivity (Wildman–Crippen MR) is 84.0 cm³/mol. The minimum Gasteiger partial charge on any atom is -0.494 e. The van der Waals surface area contributed by atoms with Crippen molar-refractivity contribution in [3.05, 3.63) is 46.2 Å². The first kappa shape index (κ1) is 15.1. The number of hydrogen-bond acceptors (Lipinski definition) is 3. The molecule has 0 radical (unpaired) electrons. The van der Waals surface area contributed by atoms with Crippen LogP contribution in [0.3, 0.4) is 0 Å². The van der Waals surface area contributed by atoms with E-state index in [0.717, 1.165) is 28.0 Å². The van der Waals surface area contributed by atoms with Crippen molar-refractivity contribution in [2.75, 3.05) is 13.2 Å². The van der Waals surface area contributed by atoms with Crippen molar-refractivity contribution in [2.45, 2.75) is 19.9 Å². The van der Waals surface area contributed by atoms with Crippen LogP contribution in [-0.2, 0) is 7.05 Å². The molecule has 0 saturated heterocycles. The summed E-state index contributed by atoms with van der Waals surface area (Å²) in [6.45, 7) is 5.62. The van der Waals surface area contributed by atoms with Crippen LogP contribution in [0.1, 0.15) is 31.1 Å². The van der Waals surface area contributed by atoms with Crippen LogP contribution in [0.5, 0.6) is 5.75 Å². The number of benzene rings is 1. The van der Waals surface area contributed by atoms with Gasteiger partial charge < -0.3 is 10.1 Å². The smallest absolute Gasteiger partial charge is 0.124 e. The first-order valence-corrected chi connectivity index (χ1v) is 7.60. The average molecular weight is 338 g/mol. The molecule has 0 fully saturated rings. The van der Waals surface area contributed by atoms with E-state index in [1.165, 1.54) is 0 Å². The van der Waals surface area contributed by atoms with Crippen LogP contribution < -0.4 is 10.1 Å². The number of rotatable bonds is 6. The summed E-state index contributed by atoms with van der Waals surface area (Å²) < 4.78 is 8.64. The summed E-state index contributed by atoms with van der Waals surface area (Å²) in [4.78, 5) is 0. The molecule has 20 heavy (non-hydrogen) atoms. The molecule has 0 amide bonds. The molecule has 1 heterocycles. The van der Waals surface area contributed by atoms with Crippen molar-refractivity contribution in [1.82, 2.24) is 15.1 Å². The van der Waals surface area contributed by atoms with E-state index in [1.54, 1.807) is 0 Å². The molecule has 108 valence electrons. The molecule has 0 aliphatic rings. The maximum absolute atomic E-state index is 5.76. The van der Waals surface area contributed by atoms with E-state index >= 15 is 0 Å². The Hall–Kier alpha value is -1.33. The summed E-state index contributed by atoms with van der Waals surface area (Å²) in [5, 5.41) is 7.82. The zero-order chi connectivity index (χ0) is 14.5. The average Bonchev–Trinajstić information content (AvgIpc) is 2.77. The fourth-order valence-electron chi connectivity index (χ4n) is 2.31. The molecule has 0 aliphatic heterocycles. The second-order valence-corrected chi connectivity index (χ2v) is 5.32. The van der Waals surface area contributed by atoms with Gasteiger partial charge in [0.1, 0.15) is 5.75 Å².